The van der Waals surface area contributed by atoms with Gasteiger partial charge in [0.2, 0.25) is 11.8 Å². The molecule has 0 saturated carbocycles. The number of carbonyl (C=O) groups excluding carboxylic acids is 2. The van der Waals surface area contributed by atoms with Gasteiger partial charge in [0.25, 0.3) is 0 Å². The number of imide groups is 1. The summed E-state index contributed by atoms with van der Waals surface area (Å²) in [5, 5.41) is 0. The fourth-order valence-electron chi connectivity index (χ4n) is 2.03. The summed E-state index contributed by atoms with van der Waals surface area (Å²) in [6.07, 6.45) is 0. The van der Waals surface area contributed by atoms with E-state index in [9.17, 15) is 9.59 Å². The highest BCUT2D eigenvalue weighted by molar-refractivity contribution is 7.80. The summed E-state index contributed by atoms with van der Waals surface area (Å²) in [5.74, 6) is 0.503. The second-order valence-electron chi connectivity index (χ2n) is 6.11. The van der Waals surface area contributed by atoms with E-state index in [0.29, 0.717) is 12.3 Å². The van der Waals surface area contributed by atoms with E-state index >= 15 is 0 Å². The Bertz CT molecular complexity index is 302. The van der Waals surface area contributed by atoms with Gasteiger partial charge in [-0.15, -0.1) is 0 Å². The van der Waals surface area contributed by atoms with E-state index in [1.807, 2.05) is 13.8 Å². The molecule has 0 aromatic rings. The molecule has 1 aliphatic heterocycles. The zero-order valence-corrected chi connectivity index (χ0v) is 12.3. The van der Waals surface area contributed by atoms with Crippen LogP contribution in [0.1, 0.15) is 34.6 Å². The molecule has 1 rings (SSSR count). The van der Waals surface area contributed by atoms with Gasteiger partial charge in [-0.05, 0) is 17.1 Å². The second-order valence-corrected chi connectivity index (χ2v) is 6.48. The van der Waals surface area contributed by atoms with E-state index in [-0.39, 0.29) is 35.0 Å². The van der Waals surface area contributed by atoms with Crippen LogP contribution in [0, 0.1) is 23.2 Å². The molecule has 1 fully saturated rings. The molecule has 3 nitrogen and oxygen atoms in total. The van der Waals surface area contributed by atoms with Crippen molar-refractivity contribution >= 4 is 24.4 Å². The Balaban J connectivity index is 2.81. The number of amides is 2. The van der Waals surface area contributed by atoms with Crippen molar-refractivity contribution in [3.63, 3.8) is 0 Å². The van der Waals surface area contributed by atoms with Crippen molar-refractivity contribution in [1.29, 1.82) is 0 Å². The van der Waals surface area contributed by atoms with E-state index in [1.54, 1.807) is 0 Å². The highest BCUT2D eigenvalue weighted by atomic mass is 32.1. The average Bonchev–Trinajstić information content (AvgIpc) is 2.40. The minimum Gasteiger partial charge on any atom is -0.282 e. The molecule has 17 heavy (non-hydrogen) atoms. The predicted molar refractivity (Wildman–Crippen MR) is 71.8 cm³/mol. The lowest BCUT2D eigenvalue weighted by Gasteiger charge is -2.32. The fraction of sp³-hybridized carbons (Fsp3) is 0.846. The fourth-order valence-corrected chi connectivity index (χ4v) is 2.70. The van der Waals surface area contributed by atoms with Crippen molar-refractivity contribution in [2.45, 2.75) is 34.6 Å². The Hall–Kier alpha value is -0.510. The lowest BCUT2D eigenvalue weighted by atomic mass is 9.81. The molecule has 0 aliphatic carbocycles. The first kappa shape index (κ1) is 14.6. The normalized spacial score (nSPS) is 27.8. The molecule has 0 radical (unpaired) electrons. The monoisotopic (exact) mass is 257 g/mol. The molecular formula is C13H23NO2S. The van der Waals surface area contributed by atoms with Gasteiger partial charge in [-0.25, -0.2) is 0 Å². The number of hydrogen-bond acceptors (Lipinski definition) is 3. The summed E-state index contributed by atoms with van der Waals surface area (Å²) in [5.41, 5.74) is 0.0530. The van der Waals surface area contributed by atoms with Gasteiger partial charge < -0.3 is 0 Å². The van der Waals surface area contributed by atoms with Crippen LogP contribution in [0.15, 0.2) is 0 Å². The molecule has 0 spiro atoms. The van der Waals surface area contributed by atoms with Crippen LogP contribution in [-0.2, 0) is 9.59 Å². The van der Waals surface area contributed by atoms with Crippen LogP contribution in [0.2, 0.25) is 0 Å². The third-order valence-electron chi connectivity index (χ3n) is 3.91. The molecule has 4 heteroatoms. The quantitative estimate of drug-likeness (QED) is 0.622. The Kier molecular flexibility index (Phi) is 4.28. The van der Waals surface area contributed by atoms with Crippen molar-refractivity contribution < 1.29 is 9.59 Å². The number of nitrogens with zero attached hydrogens (tertiary/aromatic N) is 1. The number of rotatable bonds is 3. The van der Waals surface area contributed by atoms with Gasteiger partial charge in [-0.3, -0.25) is 14.5 Å². The van der Waals surface area contributed by atoms with Gasteiger partial charge in [-0.1, -0.05) is 34.6 Å². The van der Waals surface area contributed by atoms with E-state index in [4.69, 9.17) is 0 Å². The van der Waals surface area contributed by atoms with Crippen molar-refractivity contribution in [3.05, 3.63) is 0 Å². The van der Waals surface area contributed by atoms with Crippen LogP contribution >= 0.6 is 12.6 Å². The summed E-state index contributed by atoms with van der Waals surface area (Å²) < 4.78 is 0. The number of carbonyl (C=O) groups is 2. The zero-order valence-electron chi connectivity index (χ0n) is 11.4. The predicted octanol–water partition coefficient (Wildman–Crippen LogP) is 2.22. The average molecular weight is 257 g/mol. The topological polar surface area (TPSA) is 37.4 Å². The largest absolute Gasteiger partial charge is 0.282 e. The first-order valence-corrected chi connectivity index (χ1v) is 6.79. The Morgan fingerprint density at radius 3 is 1.88 bits per heavy atom. The minimum absolute atomic E-state index is 0.0291. The van der Waals surface area contributed by atoms with Crippen LogP contribution in [0.25, 0.3) is 0 Å². The van der Waals surface area contributed by atoms with Gasteiger partial charge in [-0.2, -0.15) is 12.6 Å². The van der Waals surface area contributed by atoms with Crippen LogP contribution in [0.5, 0.6) is 0 Å². The molecule has 3 unspecified atom stereocenters. The van der Waals surface area contributed by atoms with Crippen LogP contribution in [0.3, 0.4) is 0 Å². The molecule has 1 heterocycles. The highest BCUT2D eigenvalue weighted by Gasteiger charge is 2.43. The first-order valence-electron chi connectivity index (χ1n) is 6.16. The number of hydrogen-bond donors (Lipinski definition) is 1. The summed E-state index contributed by atoms with van der Waals surface area (Å²) in [6.45, 7) is 10.5. The molecule has 0 N–H and O–H groups in total. The molecule has 0 aromatic heterocycles. The summed E-state index contributed by atoms with van der Waals surface area (Å²) in [7, 11) is 0. The number of likely N-dealkylation sites (tertiary alicyclic amines) is 1. The second kappa shape index (κ2) is 5.01. The molecule has 1 saturated heterocycles. The molecular weight excluding hydrogens is 234 g/mol. The zero-order chi connectivity index (χ0) is 13.4. The van der Waals surface area contributed by atoms with E-state index in [2.05, 4.69) is 33.4 Å². The van der Waals surface area contributed by atoms with Crippen molar-refractivity contribution in [3.8, 4) is 0 Å². The first-order chi connectivity index (χ1) is 7.70. The van der Waals surface area contributed by atoms with E-state index in [0.717, 1.165) is 0 Å². The van der Waals surface area contributed by atoms with Crippen molar-refractivity contribution in [2.75, 3.05) is 12.3 Å². The van der Waals surface area contributed by atoms with Crippen LogP contribution < -0.4 is 0 Å². The minimum atomic E-state index is -0.178. The Labute approximate surface area is 109 Å². The van der Waals surface area contributed by atoms with Crippen LogP contribution in [0.4, 0.5) is 0 Å². The molecule has 3 atom stereocenters. The molecule has 2 amide bonds. The van der Waals surface area contributed by atoms with Gasteiger partial charge in [0.05, 0.1) is 0 Å². The standard InChI is InChI=1S/C13H23NO2S/c1-8-9(2)12(16)14(11(8)15)6-10(7-17)13(3,4)5/h8-10,17H,6-7H2,1-5H3. The van der Waals surface area contributed by atoms with Gasteiger partial charge in [0.1, 0.15) is 0 Å². The molecule has 0 bridgehead atoms. The van der Waals surface area contributed by atoms with Gasteiger partial charge in [0, 0.05) is 18.4 Å². The molecule has 1 aliphatic rings. The van der Waals surface area contributed by atoms with E-state index in [1.165, 1.54) is 4.90 Å². The van der Waals surface area contributed by atoms with E-state index < -0.39 is 0 Å². The summed E-state index contributed by atoms with van der Waals surface area (Å²) in [4.78, 5) is 25.4. The van der Waals surface area contributed by atoms with Crippen LogP contribution in [-0.4, -0.2) is 29.0 Å². The van der Waals surface area contributed by atoms with Gasteiger partial charge in [0.15, 0.2) is 0 Å². The maximum absolute atomic E-state index is 12.0. The molecule has 0 aromatic carbocycles. The Morgan fingerprint density at radius 2 is 1.59 bits per heavy atom. The highest BCUT2D eigenvalue weighted by Crippen LogP contribution is 2.32. The third kappa shape index (κ3) is 2.84. The van der Waals surface area contributed by atoms with Crippen molar-refractivity contribution in [2.24, 2.45) is 23.2 Å². The SMILES string of the molecule is CC1C(=O)N(CC(CS)C(C)(C)C)C(=O)C1C. The molecule has 98 valence electrons. The third-order valence-corrected chi connectivity index (χ3v) is 4.35. The Morgan fingerprint density at radius 1 is 1.18 bits per heavy atom. The van der Waals surface area contributed by atoms with Gasteiger partial charge >= 0.3 is 0 Å². The smallest absolute Gasteiger partial charge is 0.232 e. The summed E-state index contributed by atoms with van der Waals surface area (Å²) in [6, 6.07) is 0. The summed E-state index contributed by atoms with van der Waals surface area (Å²) >= 11 is 4.34. The maximum Gasteiger partial charge on any atom is 0.232 e. The van der Waals surface area contributed by atoms with Crippen molar-refractivity contribution in [1.82, 2.24) is 4.90 Å². The number of thiol groups is 1. The lowest BCUT2D eigenvalue weighted by molar-refractivity contribution is -0.140. The lowest BCUT2D eigenvalue weighted by Crippen LogP contribution is -2.40. The maximum atomic E-state index is 12.0.